The molecule has 274 valence electrons. The number of anilines is 6. The van der Waals surface area contributed by atoms with E-state index in [1.807, 2.05) is 46.6 Å². The van der Waals surface area contributed by atoms with Crippen LogP contribution in [0.3, 0.4) is 0 Å². The molecule has 5 aromatic rings. The largest absolute Gasteiger partial charge is 0.311 e. The van der Waals surface area contributed by atoms with Crippen LogP contribution in [0.5, 0.6) is 0 Å². The van der Waals surface area contributed by atoms with Crippen LogP contribution in [0, 0.1) is 6.92 Å². The van der Waals surface area contributed by atoms with Crippen molar-refractivity contribution in [3.63, 3.8) is 0 Å². The predicted molar refractivity (Wildman–Crippen MR) is 234 cm³/mol. The molecule has 8 rings (SSSR count). The highest BCUT2D eigenvalue weighted by Gasteiger charge is 2.50. The highest BCUT2D eigenvalue weighted by Crippen LogP contribution is 2.56. The number of thiophene rings is 1. The molecule has 53 heavy (non-hydrogen) atoms. The summed E-state index contributed by atoms with van der Waals surface area (Å²) in [7, 11) is 0. The molecule has 0 saturated heterocycles. The molecule has 1 aromatic heterocycles. The molecule has 0 N–H and O–H groups in total. The van der Waals surface area contributed by atoms with Crippen molar-refractivity contribution in [2.24, 2.45) is 0 Å². The lowest BCUT2D eigenvalue weighted by molar-refractivity contribution is 0.339. The molecule has 4 heteroatoms. The average molecular weight is 724 g/mol. The van der Waals surface area contributed by atoms with Gasteiger partial charge in [-0.2, -0.15) is 11.3 Å². The van der Waals surface area contributed by atoms with Gasteiger partial charge < -0.3 is 9.80 Å². The van der Waals surface area contributed by atoms with Crippen molar-refractivity contribution in [3.05, 3.63) is 111 Å². The van der Waals surface area contributed by atoms with Gasteiger partial charge >= 0.3 is 0 Å². The van der Waals surface area contributed by atoms with E-state index in [-0.39, 0.29) is 45.9 Å². The first-order chi connectivity index (χ1) is 26.6. The number of benzene rings is 4. The maximum Gasteiger partial charge on any atom is 0.264 e. The van der Waals surface area contributed by atoms with E-state index >= 15 is 0 Å². The Labute approximate surface area is 331 Å². The van der Waals surface area contributed by atoms with Crippen molar-refractivity contribution in [1.29, 1.82) is 0 Å². The second kappa shape index (κ2) is 11.6. The van der Waals surface area contributed by atoms with Gasteiger partial charge in [-0.3, -0.25) is 0 Å². The van der Waals surface area contributed by atoms with E-state index in [0.29, 0.717) is 35.2 Å². The zero-order chi connectivity index (χ0) is 42.6. The van der Waals surface area contributed by atoms with E-state index in [2.05, 4.69) is 120 Å². The van der Waals surface area contributed by atoms with Crippen LogP contribution < -0.4 is 25.5 Å². The van der Waals surface area contributed by atoms with Crippen LogP contribution in [0.15, 0.2) is 78.7 Å². The van der Waals surface area contributed by atoms with E-state index in [1.54, 1.807) is 0 Å². The van der Waals surface area contributed by atoms with Gasteiger partial charge in [0.1, 0.15) is 0 Å². The van der Waals surface area contributed by atoms with Crippen molar-refractivity contribution < 1.29 is 6.85 Å². The average Bonchev–Trinajstić information content (AvgIpc) is 3.50. The second-order valence-electron chi connectivity index (χ2n) is 20.3. The van der Waals surface area contributed by atoms with Crippen LogP contribution in [0.2, 0.25) is 0 Å². The van der Waals surface area contributed by atoms with Crippen molar-refractivity contribution in [3.8, 4) is 0 Å². The van der Waals surface area contributed by atoms with E-state index in [0.717, 1.165) is 63.1 Å². The molecular formula is C49H59BN2S. The molecule has 0 amide bonds. The molecule has 0 spiro atoms. The van der Waals surface area contributed by atoms with Crippen molar-refractivity contribution in [1.82, 2.24) is 0 Å². The van der Waals surface area contributed by atoms with Crippen LogP contribution >= 0.6 is 11.3 Å². The standard InChI is InChI=1S/C49H59BN2S/c1-30-27-38-41-39(28-30)52(35-22-17-32(18-23-35)46(5,6)7)42-40-43(49(13,14)26-25-48(40,11)12)53-44(42)50(41)36-29-33(47(8,9)10)19-24-37(36)51(38)34-20-15-31(16-21-34)45(2,3)4/h15-24,27-29H,25-26H2,1-14H3/i20D,21D,22D,23D,24D. The summed E-state index contributed by atoms with van der Waals surface area (Å²) in [6.07, 6.45) is 2.07. The fourth-order valence-corrected chi connectivity index (χ4v) is 10.3. The molecule has 0 radical (unpaired) electrons. The number of rotatable bonds is 2. The van der Waals surface area contributed by atoms with Crippen molar-refractivity contribution in [2.75, 3.05) is 9.80 Å². The van der Waals surface area contributed by atoms with E-state index in [9.17, 15) is 6.85 Å². The number of hydrogen-bond donors (Lipinski definition) is 0. The van der Waals surface area contributed by atoms with E-state index < -0.39 is 0 Å². The Hall–Kier alpha value is -3.76. The van der Waals surface area contributed by atoms with Crippen molar-refractivity contribution in [2.45, 2.75) is 137 Å². The highest BCUT2D eigenvalue weighted by atomic mass is 32.1. The Balaban J connectivity index is 1.57. The fraction of sp³-hybridized carbons (Fsp3) is 0.429. The lowest BCUT2D eigenvalue weighted by Crippen LogP contribution is -2.61. The molecule has 2 aliphatic heterocycles. The molecule has 1 aliphatic carbocycles. The van der Waals surface area contributed by atoms with Crippen LogP contribution in [-0.2, 0) is 27.1 Å². The van der Waals surface area contributed by atoms with Crippen LogP contribution in [0.4, 0.5) is 34.1 Å². The summed E-state index contributed by atoms with van der Waals surface area (Å²) in [5.41, 5.74) is 10.9. The van der Waals surface area contributed by atoms with Crippen LogP contribution in [0.1, 0.15) is 142 Å². The zero-order valence-electron chi connectivity index (χ0n) is 39.4. The van der Waals surface area contributed by atoms with Gasteiger partial charge in [0, 0.05) is 38.1 Å². The lowest BCUT2D eigenvalue weighted by atomic mass is 9.35. The lowest BCUT2D eigenvalue weighted by Gasteiger charge is -2.45. The summed E-state index contributed by atoms with van der Waals surface area (Å²) < 4.78 is 49.7. The summed E-state index contributed by atoms with van der Waals surface area (Å²) in [6.45, 7) is 30.6. The third kappa shape index (κ3) is 5.73. The molecule has 2 nitrogen and oxygen atoms in total. The SMILES string of the molecule is [2H]c1cc(C(C)(C)C)cc([2H])c1N1c2cc(C)cc3c2B(c2cc(C(C)(C)C)cc([2H])c21)c1sc2c(c1N3c1c([2H])cc(C(C)(C)C)cc1[2H])C(C)(C)CCC2(C)C. The molecular weight excluding hydrogens is 659 g/mol. The van der Waals surface area contributed by atoms with Gasteiger partial charge in [-0.1, -0.05) is 126 Å². The summed E-state index contributed by atoms with van der Waals surface area (Å²) in [5.74, 6) is 0. The van der Waals surface area contributed by atoms with E-state index in [1.165, 1.54) is 15.2 Å². The first-order valence-corrected chi connectivity index (χ1v) is 20.3. The second-order valence-corrected chi connectivity index (χ2v) is 21.4. The first kappa shape index (κ1) is 30.6. The summed E-state index contributed by atoms with van der Waals surface area (Å²) >= 11 is 1.88. The maximum atomic E-state index is 9.88. The Morgan fingerprint density at radius 2 is 1.09 bits per heavy atom. The molecule has 4 aromatic carbocycles. The van der Waals surface area contributed by atoms with Crippen LogP contribution in [-0.4, -0.2) is 6.71 Å². The Kier molecular flexibility index (Phi) is 6.70. The summed E-state index contributed by atoms with van der Waals surface area (Å²) in [4.78, 5) is 5.66. The number of hydrogen-bond acceptors (Lipinski definition) is 3. The first-order valence-electron chi connectivity index (χ1n) is 21.9. The normalized spacial score (nSPS) is 18.6. The highest BCUT2D eigenvalue weighted by molar-refractivity contribution is 7.29. The van der Waals surface area contributed by atoms with Gasteiger partial charge in [-0.05, 0) is 128 Å². The third-order valence-corrected chi connectivity index (χ3v) is 13.7. The van der Waals surface area contributed by atoms with Gasteiger partial charge in [-0.15, -0.1) is 0 Å². The minimum absolute atomic E-state index is 0.0838. The van der Waals surface area contributed by atoms with Gasteiger partial charge in [0.15, 0.2) is 0 Å². The van der Waals surface area contributed by atoms with Gasteiger partial charge in [0.05, 0.1) is 12.5 Å². The van der Waals surface area contributed by atoms with Gasteiger partial charge in [0.25, 0.3) is 6.71 Å². The molecule has 0 atom stereocenters. The third-order valence-electron chi connectivity index (χ3n) is 12.1. The summed E-state index contributed by atoms with van der Waals surface area (Å²) in [5, 5.41) is 0. The number of aryl methyl sites for hydroxylation is 1. The molecule has 0 bridgehead atoms. The minimum Gasteiger partial charge on any atom is -0.311 e. The number of fused-ring (bicyclic) bond motifs is 6. The van der Waals surface area contributed by atoms with Crippen LogP contribution in [0.25, 0.3) is 0 Å². The topological polar surface area (TPSA) is 6.48 Å². The Morgan fingerprint density at radius 3 is 1.62 bits per heavy atom. The zero-order valence-corrected chi connectivity index (χ0v) is 35.2. The number of nitrogens with zero attached hydrogens (tertiary/aromatic N) is 2. The monoisotopic (exact) mass is 723 g/mol. The molecule has 0 saturated carbocycles. The van der Waals surface area contributed by atoms with Crippen molar-refractivity contribution >= 4 is 67.9 Å². The fourth-order valence-electron chi connectivity index (χ4n) is 8.61. The Bertz CT molecular complexity index is 2520. The molecule has 3 aliphatic rings. The van der Waals surface area contributed by atoms with Gasteiger partial charge in [-0.25, -0.2) is 0 Å². The molecule has 3 heterocycles. The minimum atomic E-state index is -0.249. The Morgan fingerprint density at radius 1 is 0.623 bits per heavy atom. The maximum absolute atomic E-state index is 9.88. The quantitative estimate of drug-likeness (QED) is 0.164. The smallest absolute Gasteiger partial charge is 0.264 e. The molecule has 0 unspecified atom stereocenters. The molecule has 0 fully saturated rings. The predicted octanol–water partition coefficient (Wildman–Crippen LogP) is 12.4. The van der Waals surface area contributed by atoms with Gasteiger partial charge in [0.2, 0.25) is 0 Å². The van der Waals surface area contributed by atoms with E-state index in [4.69, 9.17) is 0 Å². The summed E-state index contributed by atoms with van der Waals surface area (Å²) in [6, 6.07) is 17.9.